The number of nitrogens with one attached hydrogen (secondary N) is 1. The molecule has 0 heterocycles. The van der Waals surface area contributed by atoms with Crippen molar-refractivity contribution in [1.29, 1.82) is 0 Å². The molecule has 128 valence electrons. The predicted octanol–water partition coefficient (Wildman–Crippen LogP) is 4.29. The molecule has 0 atom stereocenters. The summed E-state index contributed by atoms with van der Waals surface area (Å²) in [6.07, 6.45) is 0. The average molecular weight is 339 g/mol. The average Bonchev–Trinajstić information content (AvgIpc) is 2.68. The highest BCUT2D eigenvalue weighted by Crippen LogP contribution is 2.23. The monoisotopic (exact) mass is 339 g/mol. The Morgan fingerprint density at radius 1 is 0.885 bits per heavy atom. The molecule has 0 saturated carbocycles. The highest BCUT2D eigenvalue weighted by Gasteiger charge is 2.14. The van der Waals surface area contributed by atoms with Crippen LogP contribution in [-0.2, 0) is 4.79 Å². The maximum absolute atomic E-state index is 12.2. The minimum Gasteiger partial charge on any atom is -0.344 e. The number of benzene rings is 3. The fourth-order valence-corrected chi connectivity index (χ4v) is 2.89. The number of amides is 1. The lowest BCUT2D eigenvalue weighted by Crippen LogP contribution is -2.27. The lowest BCUT2D eigenvalue weighted by Gasteiger charge is -2.18. The Labute approximate surface area is 154 Å². The molecule has 0 unspecified atom stereocenters. The van der Waals surface area contributed by atoms with Crippen LogP contribution in [0.2, 0.25) is 0 Å². The molecule has 3 aromatic rings. The number of carbonyl (C=O) groups is 1. The summed E-state index contributed by atoms with van der Waals surface area (Å²) in [5.74, 6) is 5.45. The molecule has 26 heavy (non-hydrogen) atoms. The molecular formula is C24H21NO. The second kappa shape index (κ2) is 8.69. The molecule has 0 saturated heterocycles. The molecule has 0 aliphatic rings. The summed E-state index contributed by atoms with van der Waals surface area (Å²) in [4.78, 5) is 12.2. The van der Waals surface area contributed by atoms with Crippen LogP contribution < -0.4 is 5.32 Å². The smallest absolute Gasteiger partial charge is 0.296 e. The minimum absolute atomic E-state index is 0.0992. The van der Waals surface area contributed by atoms with Gasteiger partial charge in [-0.2, -0.15) is 0 Å². The highest BCUT2D eigenvalue weighted by atomic mass is 16.1. The highest BCUT2D eigenvalue weighted by molar-refractivity contribution is 5.94. The molecular weight excluding hydrogens is 318 g/mol. The predicted molar refractivity (Wildman–Crippen MR) is 106 cm³/mol. The van der Waals surface area contributed by atoms with Crippen molar-refractivity contribution in [2.24, 2.45) is 0 Å². The molecule has 1 amide bonds. The van der Waals surface area contributed by atoms with Gasteiger partial charge in [0.05, 0.1) is 0 Å². The van der Waals surface area contributed by atoms with Gasteiger partial charge in [-0.15, -0.1) is 0 Å². The Morgan fingerprint density at radius 3 is 2.08 bits per heavy atom. The first-order chi connectivity index (χ1) is 12.7. The third kappa shape index (κ3) is 4.84. The molecule has 3 rings (SSSR count). The Bertz CT molecular complexity index is 881. The Morgan fingerprint density at radius 2 is 1.50 bits per heavy atom. The van der Waals surface area contributed by atoms with E-state index >= 15 is 0 Å². The van der Waals surface area contributed by atoms with E-state index in [1.807, 2.05) is 67.6 Å². The van der Waals surface area contributed by atoms with Crippen LogP contribution in [0.4, 0.5) is 0 Å². The van der Waals surface area contributed by atoms with Crippen LogP contribution in [0.3, 0.4) is 0 Å². The van der Waals surface area contributed by atoms with Crippen LogP contribution in [0.1, 0.15) is 28.2 Å². The lowest BCUT2D eigenvalue weighted by molar-refractivity contribution is -0.115. The Kier molecular flexibility index (Phi) is 5.85. The van der Waals surface area contributed by atoms with E-state index in [0.717, 1.165) is 11.1 Å². The zero-order chi connectivity index (χ0) is 18.2. The van der Waals surface area contributed by atoms with Gasteiger partial charge < -0.3 is 5.32 Å². The Balaban J connectivity index is 1.71. The van der Waals surface area contributed by atoms with Crippen molar-refractivity contribution in [3.05, 3.63) is 107 Å². The van der Waals surface area contributed by atoms with Gasteiger partial charge in [0.2, 0.25) is 0 Å². The van der Waals surface area contributed by atoms with Crippen LogP contribution in [0.5, 0.6) is 0 Å². The third-order valence-corrected chi connectivity index (χ3v) is 4.21. The second-order valence-corrected chi connectivity index (χ2v) is 6.20. The number of carbonyl (C=O) groups excluding carboxylic acids is 1. The molecule has 0 aliphatic heterocycles. The quantitative estimate of drug-likeness (QED) is 0.706. The standard InChI is InChI=1S/C24H21NO/c1-19-9-8-10-20(17-19)15-16-24(26)25-18-23(21-11-4-2-5-12-21)22-13-6-3-7-14-22/h2-14,17,23H,18H2,1H3,(H,25,26). The topological polar surface area (TPSA) is 29.1 Å². The summed E-state index contributed by atoms with van der Waals surface area (Å²) >= 11 is 0. The van der Waals surface area contributed by atoms with Crippen molar-refractivity contribution >= 4 is 5.91 Å². The van der Waals surface area contributed by atoms with Crippen molar-refractivity contribution in [3.63, 3.8) is 0 Å². The van der Waals surface area contributed by atoms with Gasteiger partial charge in [-0.3, -0.25) is 4.79 Å². The first-order valence-electron chi connectivity index (χ1n) is 8.69. The zero-order valence-electron chi connectivity index (χ0n) is 14.8. The van der Waals surface area contributed by atoms with Gasteiger partial charge in [0.25, 0.3) is 5.91 Å². The molecule has 0 fully saturated rings. The van der Waals surface area contributed by atoms with Gasteiger partial charge in [-0.05, 0) is 35.7 Å². The summed E-state index contributed by atoms with van der Waals surface area (Å²) in [6, 6.07) is 28.2. The normalized spacial score (nSPS) is 10.1. The zero-order valence-corrected chi connectivity index (χ0v) is 14.8. The molecule has 0 aromatic heterocycles. The summed E-state index contributed by atoms with van der Waals surface area (Å²) in [7, 11) is 0. The molecule has 0 bridgehead atoms. The van der Waals surface area contributed by atoms with E-state index in [1.165, 1.54) is 11.1 Å². The fourth-order valence-electron chi connectivity index (χ4n) is 2.89. The van der Waals surface area contributed by atoms with Gasteiger partial charge in [-0.1, -0.05) is 78.7 Å². The van der Waals surface area contributed by atoms with Crippen LogP contribution >= 0.6 is 0 Å². The molecule has 0 aliphatic carbocycles. The number of hydrogen-bond donors (Lipinski definition) is 1. The largest absolute Gasteiger partial charge is 0.344 e. The number of rotatable bonds is 4. The van der Waals surface area contributed by atoms with Crippen LogP contribution in [0.15, 0.2) is 84.9 Å². The van der Waals surface area contributed by atoms with Gasteiger partial charge in [-0.25, -0.2) is 0 Å². The van der Waals surface area contributed by atoms with Crippen LogP contribution in [-0.4, -0.2) is 12.5 Å². The van der Waals surface area contributed by atoms with E-state index in [1.54, 1.807) is 0 Å². The maximum Gasteiger partial charge on any atom is 0.296 e. The third-order valence-electron chi connectivity index (χ3n) is 4.21. The first kappa shape index (κ1) is 17.5. The maximum atomic E-state index is 12.2. The van der Waals surface area contributed by atoms with E-state index in [4.69, 9.17) is 0 Å². The molecule has 2 nitrogen and oxygen atoms in total. The minimum atomic E-state index is -0.261. The van der Waals surface area contributed by atoms with Crippen molar-refractivity contribution < 1.29 is 4.79 Å². The first-order valence-corrected chi connectivity index (χ1v) is 8.69. The SMILES string of the molecule is Cc1cccc(C#CC(=O)NCC(c2ccccc2)c2ccccc2)c1. The number of aryl methyl sites for hydroxylation is 1. The Hall–Kier alpha value is -3.31. The molecule has 1 N–H and O–H groups in total. The van der Waals surface area contributed by atoms with E-state index < -0.39 is 0 Å². The van der Waals surface area contributed by atoms with Crippen molar-refractivity contribution in [3.8, 4) is 11.8 Å². The van der Waals surface area contributed by atoms with Gasteiger partial charge in [0.15, 0.2) is 0 Å². The van der Waals surface area contributed by atoms with Gasteiger partial charge in [0.1, 0.15) is 0 Å². The second-order valence-electron chi connectivity index (χ2n) is 6.20. The summed E-state index contributed by atoms with van der Waals surface area (Å²) in [5, 5.41) is 2.95. The molecule has 0 radical (unpaired) electrons. The fraction of sp³-hybridized carbons (Fsp3) is 0.125. The van der Waals surface area contributed by atoms with Crippen molar-refractivity contribution in [2.75, 3.05) is 6.54 Å². The van der Waals surface area contributed by atoms with E-state index in [2.05, 4.69) is 41.4 Å². The van der Waals surface area contributed by atoms with E-state index in [-0.39, 0.29) is 11.8 Å². The summed E-state index contributed by atoms with van der Waals surface area (Å²) < 4.78 is 0. The summed E-state index contributed by atoms with van der Waals surface area (Å²) in [5.41, 5.74) is 4.32. The van der Waals surface area contributed by atoms with E-state index in [0.29, 0.717) is 6.54 Å². The van der Waals surface area contributed by atoms with Crippen LogP contribution in [0.25, 0.3) is 0 Å². The van der Waals surface area contributed by atoms with Crippen molar-refractivity contribution in [2.45, 2.75) is 12.8 Å². The van der Waals surface area contributed by atoms with Crippen molar-refractivity contribution in [1.82, 2.24) is 5.32 Å². The van der Waals surface area contributed by atoms with Gasteiger partial charge in [0, 0.05) is 23.9 Å². The van der Waals surface area contributed by atoms with Gasteiger partial charge >= 0.3 is 0 Å². The lowest BCUT2D eigenvalue weighted by atomic mass is 9.91. The number of hydrogen-bond acceptors (Lipinski definition) is 1. The molecule has 2 heteroatoms. The van der Waals surface area contributed by atoms with Crippen LogP contribution in [0, 0.1) is 18.8 Å². The van der Waals surface area contributed by atoms with E-state index in [9.17, 15) is 4.79 Å². The summed E-state index contributed by atoms with van der Waals surface area (Å²) in [6.45, 7) is 2.52. The molecule has 0 spiro atoms. The molecule has 3 aromatic carbocycles.